The molecule has 0 saturated carbocycles. The monoisotopic (exact) mass is 284 g/mol. The summed E-state index contributed by atoms with van der Waals surface area (Å²) < 4.78 is 2.22. The highest BCUT2D eigenvalue weighted by atomic mass is 15.0. The number of pyridine rings is 1. The van der Waals surface area contributed by atoms with Gasteiger partial charge in [-0.05, 0) is 37.0 Å². The summed E-state index contributed by atoms with van der Waals surface area (Å²) in [7, 11) is 0. The molecule has 0 bridgehead atoms. The maximum atomic E-state index is 4.56. The first-order chi connectivity index (χ1) is 10.1. The molecule has 2 nitrogen and oxygen atoms in total. The third-order valence-electron chi connectivity index (χ3n) is 4.07. The smallest absolute Gasteiger partial charge is 0.140 e. The number of nitrogens with zero attached hydrogens (tertiary/aromatic N) is 2. The van der Waals surface area contributed by atoms with Gasteiger partial charge in [0.1, 0.15) is 5.65 Å². The molecule has 0 aliphatic rings. The minimum Gasteiger partial charge on any atom is -0.328 e. The van der Waals surface area contributed by atoms with Crippen molar-refractivity contribution in [2.75, 3.05) is 0 Å². The van der Waals surface area contributed by atoms with Crippen molar-refractivity contribution in [1.29, 1.82) is 0 Å². The summed E-state index contributed by atoms with van der Waals surface area (Å²) in [6.45, 7) is 11.8. The predicted molar refractivity (Wildman–Crippen MR) is 91.5 cm³/mol. The van der Waals surface area contributed by atoms with E-state index in [2.05, 4.69) is 55.2 Å². The molecule has 2 aromatic heterocycles. The van der Waals surface area contributed by atoms with E-state index in [4.69, 9.17) is 0 Å². The van der Waals surface area contributed by atoms with Crippen molar-refractivity contribution >= 4 is 11.0 Å². The molecule has 0 spiro atoms. The second-order valence-electron chi connectivity index (χ2n) is 6.42. The molecule has 0 aliphatic heterocycles. The Morgan fingerprint density at radius 3 is 2.95 bits per heavy atom. The molecule has 0 aliphatic carbocycles. The highest BCUT2D eigenvalue weighted by Gasteiger charge is 2.07. The van der Waals surface area contributed by atoms with Crippen molar-refractivity contribution in [3.63, 3.8) is 0 Å². The van der Waals surface area contributed by atoms with Crippen LogP contribution in [0.15, 0.2) is 36.7 Å². The lowest BCUT2D eigenvalue weighted by Crippen LogP contribution is -2.04. The molecule has 0 amide bonds. The maximum absolute atomic E-state index is 4.56. The molecule has 0 radical (unpaired) electrons. The Bertz CT molecular complexity index is 595. The lowest BCUT2D eigenvalue weighted by atomic mass is 9.96. The van der Waals surface area contributed by atoms with Crippen LogP contribution in [0.2, 0.25) is 0 Å². The summed E-state index contributed by atoms with van der Waals surface area (Å²) in [5.41, 5.74) is 3.59. The van der Waals surface area contributed by atoms with Crippen LogP contribution in [0.5, 0.6) is 0 Å². The number of aryl methyl sites for hydroxylation is 1. The fraction of sp³-hybridized carbons (Fsp3) is 0.526. The van der Waals surface area contributed by atoms with Crippen LogP contribution in [0, 0.1) is 12.8 Å². The van der Waals surface area contributed by atoms with Crippen LogP contribution in [-0.2, 0) is 6.54 Å². The highest BCUT2D eigenvalue weighted by Crippen LogP contribution is 2.21. The first kappa shape index (κ1) is 15.8. The first-order valence-electron chi connectivity index (χ1n) is 8.18. The molecule has 0 aromatic carbocycles. The van der Waals surface area contributed by atoms with Gasteiger partial charge in [0, 0.05) is 24.3 Å². The minimum absolute atomic E-state index is 0.737. The number of unbranched alkanes of at least 4 members (excludes halogenated alkanes) is 2. The van der Waals surface area contributed by atoms with E-state index in [1.165, 1.54) is 42.2 Å². The molecular formula is C19H28N2. The maximum Gasteiger partial charge on any atom is 0.140 e. The Morgan fingerprint density at radius 1 is 1.38 bits per heavy atom. The minimum atomic E-state index is 0.737. The number of fused-ring (bicyclic) bond motifs is 1. The molecule has 114 valence electrons. The Balaban J connectivity index is 1.92. The number of allylic oxidation sites excluding steroid dienone is 1. The number of hydrogen-bond acceptors (Lipinski definition) is 1. The molecule has 1 unspecified atom stereocenters. The third-order valence-corrected chi connectivity index (χ3v) is 4.07. The largest absolute Gasteiger partial charge is 0.328 e. The number of aromatic nitrogens is 2. The molecule has 0 N–H and O–H groups in total. The third kappa shape index (κ3) is 4.45. The lowest BCUT2D eigenvalue weighted by molar-refractivity contribution is 0.483. The van der Waals surface area contributed by atoms with Crippen molar-refractivity contribution in [3.8, 4) is 0 Å². The molecule has 2 heterocycles. The quantitative estimate of drug-likeness (QED) is 0.462. The SMILES string of the molecule is C=C(CC(C)CCCCC)Cn1ccc2cc(C)cnc21. The van der Waals surface area contributed by atoms with E-state index in [1.807, 2.05) is 6.20 Å². The molecular weight excluding hydrogens is 256 g/mol. The van der Waals surface area contributed by atoms with Crippen molar-refractivity contribution in [3.05, 3.63) is 42.2 Å². The molecule has 2 aromatic rings. The highest BCUT2D eigenvalue weighted by molar-refractivity contribution is 5.76. The summed E-state index contributed by atoms with van der Waals surface area (Å²) in [6.07, 6.45) is 10.5. The van der Waals surface area contributed by atoms with Crippen LogP contribution in [0.3, 0.4) is 0 Å². The number of rotatable bonds is 8. The molecule has 2 heteroatoms. The van der Waals surface area contributed by atoms with Gasteiger partial charge in [-0.2, -0.15) is 0 Å². The van der Waals surface area contributed by atoms with Gasteiger partial charge in [0.25, 0.3) is 0 Å². The van der Waals surface area contributed by atoms with E-state index in [0.29, 0.717) is 0 Å². The predicted octanol–water partition coefficient (Wildman–Crippen LogP) is 5.51. The topological polar surface area (TPSA) is 17.8 Å². The van der Waals surface area contributed by atoms with Gasteiger partial charge in [0.2, 0.25) is 0 Å². The van der Waals surface area contributed by atoms with Crippen molar-refractivity contribution in [2.24, 2.45) is 5.92 Å². The Hall–Kier alpha value is -1.57. The van der Waals surface area contributed by atoms with E-state index in [1.54, 1.807) is 0 Å². The summed E-state index contributed by atoms with van der Waals surface area (Å²) in [4.78, 5) is 4.56. The van der Waals surface area contributed by atoms with Crippen molar-refractivity contribution < 1.29 is 0 Å². The van der Waals surface area contributed by atoms with Crippen LogP contribution < -0.4 is 0 Å². The van der Waals surface area contributed by atoms with Crippen LogP contribution >= 0.6 is 0 Å². The van der Waals surface area contributed by atoms with Gasteiger partial charge in [-0.25, -0.2) is 4.98 Å². The van der Waals surface area contributed by atoms with Crippen molar-refractivity contribution in [1.82, 2.24) is 9.55 Å². The van der Waals surface area contributed by atoms with E-state index in [0.717, 1.165) is 24.5 Å². The summed E-state index contributed by atoms with van der Waals surface area (Å²) in [5, 5.41) is 1.22. The fourth-order valence-corrected chi connectivity index (χ4v) is 2.96. The molecule has 0 fully saturated rings. The standard InChI is InChI=1S/C19H28N2/c1-5-6-7-8-15(2)11-17(4)14-21-10-9-18-12-16(3)13-20-19(18)21/h9-10,12-13,15H,4-8,11,14H2,1-3H3. The molecule has 21 heavy (non-hydrogen) atoms. The van der Waals surface area contributed by atoms with Gasteiger partial charge < -0.3 is 4.57 Å². The van der Waals surface area contributed by atoms with Gasteiger partial charge in [0.15, 0.2) is 0 Å². The Morgan fingerprint density at radius 2 is 2.19 bits per heavy atom. The summed E-state index contributed by atoms with van der Waals surface area (Å²) >= 11 is 0. The first-order valence-corrected chi connectivity index (χ1v) is 8.18. The zero-order chi connectivity index (χ0) is 15.2. The Kier molecular flexibility index (Phi) is 5.60. The van der Waals surface area contributed by atoms with Crippen LogP contribution in [0.1, 0.15) is 51.5 Å². The number of hydrogen-bond donors (Lipinski definition) is 0. The van der Waals surface area contributed by atoms with E-state index in [-0.39, 0.29) is 0 Å². The van der Waals surface area contributed by atoms with Crippen LogP contribution in [-0.4, -0.2) is 9.55 Å². The summed E-state index contributed by atoms with van der Waals surface area (Å²) in [5.74, 6) is 0.737. The fourth-order valence-electron chi connectivity index (χ4n) is 2.96. The van der Waals surface area contributed by atoms with Crippen LogP contribution in [0.4, 0.5) is 0 Å². The second kappa shape index (κ2) is 7.44. The second-order valence-corrected chi connectivity index (χ2v) is 6.42. The van der Waals surface area contributed by atoms with Gasteiger partial charge in [0.05, 0.1) is 0 Å². The zero-order valence-electron chi connectivity index (χ0n) is 13.7. The molecule has 2 rings (SSSR count). The molecule has 1 atom stereocenters. The summed E-state index contributed by atoms with van der Waals surface area (Å²) in [6, 6.07) is 4.34. The zero-order valence-corrected chi connectivity index (χ0v) is 13.7. The van der Waals surface area contributed by atoms with Gasteiger partial charge in [-0.1, -0.05) is 51.7 Å². The van der Waals surface area contributed by atoms with E-state index >= 15 is 0 Å². The van der Waals surface area contributed by atoms with Gasteiger partial charge in [-0.3, -0.25) is 0 Å². The van der Waals surface area contributed by atoms with E-state index in [9.17, 15) is 0 Å². The van der Waals surface area contributed by atoms with Crippen molar-refractivity contribution in [2.45, 2.75) is 59.4 Å². The molecule has 0 saturated heterocycles. The van der Waals surface area contributed by atoms with Gasteiger partial charge in [-0.15, -0.1) is 0 Å². The average molecular weight is 284 g/mol. The van der Waals surface area contributed by atoms with E-state index < -0.39 is 0 Å². The van der Waals surface area contributed by atoms with Gasteiger partial charge >= 0.3 is 0 Å². The average Bonchev–Trinajstić information content (AvgIpc) is 2.81. The van der Waals surface area contributed by atoms with Crippen LogP contribution in [0.25, 0.3) is 11.0 Å². The lowest BCUT2D eigenvalue weighted by Gasteiger charge is -2.14. The Labute approximate surface area is 128 Å². The normalized spacial score (nSPS) is 12.7.